The molecule has 472 valence electrons. The van der Waals surface area contributed by atoms with Gasteiger partial charge in [0, 0.05) is 107 Å². The first-order chi connectivity index (χ1) is 43.4. The lowest BCUT2D eigenvalue weighted by Gasteiger charge is -2.26. The molecule has 6 atom stereocenters. The second kappa shape index (κ2) is 41.0. The summed E-state index contributed by atoms with van der Waals surface area (Å²) in [5.41, 5.74) is 6.28. The monoisotopic (exact) mass is 1190 g/mol. The summed E-state index contributed by atoms with van der Waals surface area (Å²) < 4.78 is 0. The SMILES string of the molecule is CCCCCCCCCCC#Cc1cc2c(O)c(c1)C=NC1CCCCC1N=Cc1cc(C#CCCCCCCCCCC)cc(c1N=O)C=NC1CCCCC1N=Cc1cc(C#CCCCCCCCCCC)cc(c1O)C=NC1CCCCC1N=C2. The molecule has 2 N–H and O–H groups in total. The van der Waals surface area contributed by atoms with Gasteiger partial charge in [0.15, 0.2) is 0 Å². The van der Waals surface area contributed by atoms with E-state index in [1.165, 1.54) is 135 Å². The van der Waals surface area contributed by atoms with Crippen molar-refractivity contribution < 1.29 is 10.2 Å². The zero-order valence-electron chi connectivity index (χ0n) is 54.4. The van der Waals surface area contributed by atoms with Gasteiger partial charge in [-0.25, -0.2) is 0 Å². The van der Waals surface area contributed by atoms with Crippen LogP contribution in [0.2, 0.25) is 0 Å². The Kier molecular flexibility index (Phi) is 32.1. The first-order valence-corrected chi connectivity index (χ1v) is 35.3. The molecule has 4 aliphatic rings. The Labute approximate surface area is 531 Å². The number of hydrogen-bond acceptors (Lipinski definition) is 10. The van der Waals surface area contributed by atoms with Gasteiger partial charge in [-0.2, -0.15) is 0 Å². The lowest BCUT2D eigenvalue weighted by molar-refractivity contribution is 0.389. The zero-order valence-corrected chi connectivity index (χ0v) is 54.4. The predicted octanol–water partition coefficient (Wildman–Crippen LogP) is 20.0. The molecule has 6 bridgehead atoms. The van der Waals surface area contributed by atoms with Crippen molar-refractivity contribution in [1.29, 1.82) is 0 Å². The smallest absolute Gasteiger partial charge is 0.133 e. The number of phenols is 2. The molecule has 6 unspecified atom stereocenters. The minimum atomic E-state index is -0.147. The molecule has 1 heterocycles. The van der Waals surface area contributed by atoms with E-state index in [9.17, 15) is 15.1 Å². The van der Waals surface area contributed by atoms with Crippen LogP contribution in [-0.4, -0.2) is 83.8 Å². The van der Waals surface area contributed by atoms with Crippen LogP contribution in [0.5, 0.6) is 11.5 Å². The van der Waals surface area contributed by atoms with Gasteiger partial charge in [-0.05, 0) is 99.4 Å². The van der Waals surface area contributed by atoms with Gasteiger partial charge >= 0.3 is 0 Å². The van der Waals surface area contributed by atoms with E-state index in [1.807, 2.05) is 73.7 Å². The van der Waals surface area contributed by atoms with E-state index in [1.54, 1.807) is 0 Å². The van der Waals surface area contributed by atoms with Gasteiger partial charge in [0.25, 0.3) is 0 Å². The number of hydrogen-bond donors (Lipinski definition) is 2. The third-order valence-electron chi connectivity index (χ3n) is 18.3. The van der Waals surface area contributed by atoms with Gasteiger partial charge < -0.3 is 10.2 Å². The number of phenolic OH excluding ortho intramolecular Hbond substituents is 2. The van der Waals surface area contributed by atoms with Crippen LogP contribution in [0.4, 0.5) is 5.69 Å². The van der Waals surface area contributed by atoms with Gasteiger partial charge in [-0.1, -0.05) is 230 Å². The van der Waals surface area contributed by atoms with Gasteiger partial charge in [0.1, 0.15) is 17.2 Å². The van der Waals surface area contributed by atoms with E-state index < -0.39 is 0 Å². The van der Waals surface area contributed by atoms with Crippen LogP contribution in [0.15, 0.2) is 71.5 Å². The molecule has 10 heteroatoms. The van der Waals surface area contributed by atoms with Crippen molar-refractivity contribution in [3.8, 4) is 47.0 Å². The quantitative estimate of drug-likeness (QED) is 0.0495. The molecule has 7 rings (SSSR count). The molecule has 1 aliphatic heterocycles. The summed E-state index contributed by atoms with van der Waals surface area (Å²) in [6.45, 7) is 6.78. The third kappa shape index (κ3) is 24.2. The summed E-state index contributed by atoms with van der Waals surface area (Å²) in [7, 11) is 0. The van der Waals surface area contributed by atoms with E-state index in [0.717, 1.165) is 132 Å². The van der Waals surface area contributed by atoms with Crippen molar-refractivity contribution in [2.24, 2.45) is 35.1 Å². The van der Waals surface area contributed by atoms with E-state index in [-0.39, 0.29) is 53.4 Å². The summed E-state index contributed by atoms with van der Waals surface area (Å²) in [5.74, 6) is 20.9. The summed E-state index contributed by atoms with van der Waals surface area (Å²) in [4.78, 5) is 44.3. The van der Waals surface area contributed by atoms with Crippen molar-refractivity contribution in [2.75, 3.05) is 0 Å². The molecule has 3 aromatic carbocycles. The average Bonchev–Trinajstić information content (AvgIpc) is 2.48. The highest BCUT2D eigenvalue weighted by Crippen LogP contribution is 2.32. The van der Waals surface area contributed by atoms with Crippen LogP contribution < -0.4 is 0 Å². The van der Waals surface area contributed by atoms with Gasteiger partial charge in [-0.3, -0.25) is 30.0 Å². The standard InChI is InChI=1S/C78H107N7O3/c1-4-7-10-13-16-19-22-25-28-31-40-61-49-64-55-79-70-43-34-36-45-72(70)81-57-66-51-62(41-32-29-26-23-20-17-14-11-8-5-2)53-68(77(66)86)59-83-74-47-38-39-48-75(74)84-60-69-54-63(42-33-30-27-24-21-18-15-12-9-6-3)52-67(78(69)87)58-82-73-46-37-35-44-71(73)80-56-65(50-61)76(64)85-88/h49-60,70-75,86-87H,4-30,34-39,43-48H2,1-3H3. The molecule has 0 radical (unpaired) electrons. The molecule has 0 saturated heterocycles. The van der Waals surface area contributed by atoms with Crippen LogP contribution in [0.1, 0.15) is 321 Å². The van der Waals surface area contributed by atoms with Crippen LogP contribution in [0.25, 0.3) is 0 Å². The fraction of sp³-hybridized carbons (Fsp3) is 0.615. The maximum Gasteiger partial charge on any atom is 0.133 e. The first-order valence-electron chi connectivity index (χ1n) is 35.3. The number of rotatable bonds is 25. The Balaban J connectivity index is 1.26. The number of fused-ring (bicyclic) bond motifs is 9. The minimum Gasteiger partial charge on any atom is -0.507 e. The average molecular weight is 1190 g/mol. The highest BCUT2D eigenvalue weighted by atomic mass is 16.3. The van der Waals surface area contributed by atoms with E-state index in [4.69, 9.17) is 30.0 Å². The number of nitrogens with zero attached hydrogens (tertiary/aromatic N) is 7. The van der Waals surface area contributed by atoms with Crippen LogP contribution in [0, 0.1) is 40.4 Å². The van der Waals surface area contributed by atoms with Crippen LogP contribution in [-0.2, 0) is 0 Å². The van der Waals surface area contributed by atoms with Crippen molar-refractivity contribution >= 4 is 43.0 Å². The van der Waals surface area contributed by atoms with E-state index >= 15 is 0 Å². The number of benzene rings is 3. The largest absolute Gasteiger partial charge is 0.507 e. The maximum absolute atomic E-state index is 13.1. The van der Waals surface area contributed by atoms with Crippen LogP contribution >= 0.6 is 0 Å². The molecule has 10 nitrogen and oxygen atoms in total. The molecule has 3 aliphatic carbocycles. The number of unbranched alkanes of at least 4 members (excludes halogenated alkanes) is 24. The number of nitroso groups, excluding NO2 is 1. The Morgan fingerprint density at radius 2 is 0.557 bits per heavy atom. The summed E-state index contributed by atoms with van der Waals surface area (Å²) >= 11 is 0. The molecular formula is C78H107N7O3. The third-order valence-corrected chi connectivity index (χ3v) is 18.3. The minimum absolute atomic E-state index is 0.112. The number of aromatic hydroxyl groups is 2. The van der Waals surface area contributed by atoms with E-state index in [0.29, 0.717) is 33.4 Å². The van der Waals surface area contributed by atoms with E-state index in [2.05, 4.69) is 61.5 Å². The Hall–Kier alpha value is -6.44. The van der Waals surface area contributed by atoms with Gasteiger partial charge in [-0.15, -0.1) is 4.91 Å². The van der Waals surface area contributed by atoms with Gasteiger partial charge in [0.2, 0.25) is 0 Å². The molecule has 0 amide bonds. The van der Waals surface area contributed by atoms with Crippen molar-refractivity contribution in [3.05, 3.63) is 91.4 Å². The zero-order chi connectivity index (χ0) is 61.6. The molecule has 0 aromatic heterocycles. The molecular weight excluding hydrogens is 1080 g/mol. The maximum atomic E-state index is 13.1. The Morgan fingerprint density at radius 3 is 0.795 bits per heavy atom. The summed E-state index contributed by atoms with van der Waals surface area (Å²) in [5, 5.41) is 27.9. The lowest BCUT2D eigenvalue weighted by Crippen LogP contribution is -2.27. The van der Waals surface area contributed by atoms with Crippen molar-refractivity contribution in [1.82, 2.24) is 0 Å². The van der Waals surface area contributed by atoms with Crippen LogP contribution in [0.3, 0.4) is 0 Å². The summed E-state index contributed by atoms with van der Waals surface area (Å²) in [6.07, 6.45) is 54.4. The van der Waals surface area contributed by atoms with Crippen molar-refractivity contribution in [3.63, 3.8) is 0 Å². The molecule has 3 fully saturated rings. The molecule has 88 heavy (non-hydrogen) atoms. The first kappa shape index (κ1) is 69.0. The predicted molar refractivity (Wildman–Crippen MR) is 374 cm³/mol. The molecule has 0 spiro atoms. The highest BCUT2D eigenvalue weighted by Gasteiger charge is 2.27. The highest BCUT2D eigenvalue weighted by molar-refractivity contribution is 5.97. The second-order valence-electron chi connectivity index (χ2n) is 25.6. The Morgan fingerprint density at radius 1 is 0.341 bits per heavy atom. The lowest BCUT2D eigenvalue weighted by atomic mass is 9.91. The second-order valence-corrected chi connectivity index (χ2v) is 25.6. The van der Waals surface area contributed by atoms with Crippen molar-refractivity contribution in [2.45, 2.75) is 307 Å². The topological polar surface area (TPSA) is 144 Å². The molecule has 3 aromatic rings. The number of aliphatic imine (C=N–C) groups is 6. The fourth-order valence-corrected chi connectivity index (χ4v) is 12.9. The molecule has 3 saturated carbocycles. The Bertz CT molecular complexity index is 2810. The van der Waals surface area contributed by atoms with Gasteiger partial charge in [0.05, 0.1) is 36.3 Å². The normalized spacial score (nSPS) is 20.0. The fourth-order valence-electron chi connectivity index (χ4n) is 12.9. The summed E-state index contributed by atoms with van der Waals surface area (Å²) in [6, 6.07) is 10.9.